The third-order valence-corrected chi connectivity index (χ3v) is 5.85. The van der Waals surface area contributed by atoms with Crippen molar-refractivity contribution in [1.82, 2.24) is 34.4 Å². The lowest BCUT2D eigenvalue weighted by Crippen LogP contribution is -2.33. The van der Waals surface area contributed by atoms with Crippen LogP contribution in [-0.4, -0.2) is 38.1 Å². The summed E-state index contributed by atoms with van der Waals surface area (Å²) in [5.41, 5.74) is -1.39. The van der Waals surface area contributed by atoms with Gasteiger partial charge in [-0.05, 0) is 18.9 Å². The molecule has 0 bridgehead atoms. The Labute approximate surface area is 152 Å². The van der Waals surface area contributed by atoms with Crippen LogP contribution in [0, 0.1) is 0 Å². The van der Waals surface area contributed by atoms with Crippen LogP contribution in [0.5, 0.6) is 0 Å². The number of hydrogen-bond donors (Lipinski definition) is 3. The van der Waals surface area contributed by atoms with E-state index >= 15 is 0 Å². The van der Waals surface area contributed by atoms with E-state index in [1.165, 1.54) is 6.07 Å². The zero-order valence-corrected chi connectivity index (χ0v) is 15.2. The molecule has 1 aliphatic rings. The lowest BCUT2D eigenvalue weighted by atomic mass is 10.1. The Morgan fingerprint density at radius 2 is 2.15 bits per heavy atom. The highest BCUT2D eigenvalue weighted by atomic mass is 32.2. The van der Waals surface area contributed by atoms with Crippen LogP contribution in [0.3, 0.4) is 0 Å². The zero-order chi connectivity index (χ0) is 19.2. The van der Waals surface area contributed by atoms with Crippen molar-refractivity contribution in [2.45, 2.75) is 43.7 Å². The zero-order valence-electron chi connectivity index (χ0n) is 14.4. The van der Waals surface area contributed by atoms with Crippen LogP contribution in [0.1, 0.15) is 37.5 Å². The Bertz CT molecular complexity index is 1240. The van der Waals surface area contributed by atoms with Crippen LogP contribution in [0.2, 0.25) is 0 Å². The Hall–Kier alpha value is -2.86. The molecule has 0 saturated carbocycles. The van der Waals surface area contributed by atoms with E-state index < -0.39 is 27.3 Å². The molecule has 142 valence electrons. The summed E-state index contributed by atoms with van der Waals surface area (Å²) in [4.78, 5) is 35.8. The molecule has 4 heterocycles. The summed E-state index contributed by atoms with van der Waals surface area (Å²) < 4.78 is 30.0. The maximum absolute atomic E-state index is 12.8. The molecule has 0 radical (unpaired) electrons. The highest BCUT2D eigenvalue weighted by Gasteiger charge is 2.29. The van der Waals surface area contributed by atoms with Gasteiger partial charge in [0.05, 0.1) is 11.4 Å². The fourth-order valence-electron chi connectivity index (χ4n) is 3.09. The Balaban J connectivity index is 1.71. The van der Waals surface area contributed by atoms with Crippen molar-refractivity contribution in [3.63, 3.8) is 0 Å². The van der Waals surface area contributed by atoms with Gasteiger partial charge in [-0.15, -0.1) is 0 Å². The van der Waals surface area contributed by atoms with Gasteiger partial charge in [0.1, 0.15) is 16.4 Å². The monoisotopic (exact) mass is 391 g/mol. The van der Waals surface area contributed by atoms with E-state index in [1.54, 1.807) is 4.68 Å². The van der Waals surface area contributed by atoms with Gasteiger partial charge in [-0.3, -0.25) is 14.8 Å². The molecule has 4 rings (SSSR count). The molecule has 11 nitrogen and oxygen atoms in total. The number of nitrogens with one attached hydrogen (secondary N) is 3. The molecule has 0 fully saturated rings. The number of aromatic amines is 2. The summed E-state index contributed by atoms with van der Waals surface area (Å²) in [6.07, 6.45) is 3.12. The first-order chi connectivity index (χ1) is 12.9. The predicted octanol–water partition coefficient (Wildman–Crippen LogP) is -0.421. The van der Waals surface area contributed by atoms with E-state index in [-0.39, 0.29) is 15.9 Å². The third-order valence-electron chi connectivity index (χ3n) is 4.41. The van der Waals surface area contributed by atoms with Gasteiger partial charge < -0.3 is 0 Å². The number of nitrogens with zero attached hydrogens (tertiary/aromatic N) is 4. The average Bonchev–Trinajstić information content (AvgIpc) is 3.05. The maximum atomic E-state index is 12.8. The fourth-order valence-corrected chi connectivity index (χ4v) is 4.29. The van der Waals surface area contributed by atoms with Crippen molar-refractivity contribution >= 4 is 21.1 Å². The van der Waals surface area contributed by atoms with Crippen LogP contribution in [0.15, 0.2) is 26.7 Å². The smallest absolute Gasteiger partial charge is 0.291 e. The fraction of sp³-hybridized carbons (Fsp3) is 0.400. The number of pyridine rings is 1. The lowest BCUT2D eigenvalue weighted by Gasteiger charge is -2.22. The van der Waals surface area contributed by atoms with Crippen LogP contribution < -0.4 is 16.0 Å². The second kappa shape index (κ2) is 6.39. The molecule has 3 aromatic rings. The molecule has 12 heteroatoms. The molecule has 1 atom stereocenters. The van der Waals surface area contributed by atoms with Crippen LogP contribution >= 0.6 is 0 Å². The van der Waals surface area contributed by atoms with E-state index in [9.17, 15) is 18.0 Å². The highest BCUT2D eigenvalue weighted by molar-refractivity contribution is 7.89. The van der Waals surface area contributed by atoms with Crippen molar-refractivity contribution in [2.75, 3.05) is 0 Å². The number of aromatic nitrogens is 6. The molecular weight excluding hydrogens is 374 g/mol. The largest absolute Gasteiger partial charge is 0.327 e. The summed E-state index contributed by atoms with van der Waals surface area (Å²) in [6, 6.07) is 0.672. The molecule has 27 heavy (non-hydrogen) atoms. The number of hydrogen-bond acceptors (Lipinski definition) is 7. The number of H-pyrrole nitrogens is 2. The van der Waals surface area contributed by atoms with Crippen LogP contribution in [-0.2, 0) is 23.0 Å². The van der Waals surface area contributed by atoms with Crippen molar-refractivity contribution in [1.29, 1.82) is 0 Å². The molecule has 3 N–H and O–H groups in total. The molecule has 3 aromatic heterocycles. The number of fused-ring (bicyclic) bond motifs is 2. The van der Waals surface area contributed by atoms with Gasteiger partial charge in [0.15, 0.2) is 5.82 Å². The normalized spacial score (nSPS) is 17.1. The second-order valence-electron chi connectivity index (χ2n) is 6.25. The lowest BCUT2D eigenvalue weighted by molar-refractivity contribution is 0.399. The van der Waals surface area contributed by atoms with Gasteiger partial charge in [0.2, 0.25) is 10.0 Å². The molecule has 0 aromatic carbocycles. The maximum Gasteiger partial charge on any atom is 0.327 e. The molecule has 1 unspecified atom stereocenters. The first-order valence-corrected chi connectivity index (χ1v) is 9.94. The van der Waals surface area contributed by atoms with E-state index in [2.05, 4.69) is 29.8 Å². The van der Waals surface area contributed by atoms with Gasteiger partial charge in [0, 0.05) is 19.2 Å². The van der Waals surface area contributed by atoms with Crippen LogP contribution in [0.25, 0.3) is 11.0 Å². The van der Waals surface area contributed by atoms with E-state index in [4.69, 9.17) is 0 Å². The minimum atomic E-state index is -3.96. The SMILES string of the molecule is CCc1nc2n(n1)CCCC2NS(=O)(=O)c1cnc2[nH]c(=O)[nH]c(=O)c2c1. The minimum Gasteiger partial charge on any atom is -0.291 e. The Morgan fingerprint density at radius 3 is 2.93 bits per heavy atom. The topological polar surface area (TPSA) is 155 Å². The number of rotatable bonds is 4. The minimum absolute atomic E-state index is 0.0162. The van der Waals surface area contributed by atoms with Crippen molar-refractivity contribution < 1.29 is 8.42 Å². The van der Waals surface area contributed by atoms with Crippen molar-refractivity contribution in [3.05, 3.63) is 44.8 Å². The first kappa shape index (κ1) is 17.5. The van der Waals surface area contributed by atoms with Gasteiger partial charge in [-0.1, -0.05) is 6.92 Å². The third kappa shape index (κ3) is 3.17. The quantitative estimate of drug-likeness (QED) is 0.545. The molecule has 1 aliphatic heterocycles. The van der Waals surface area contributed by atoms with Crippen molar-refractivity contribution in [3.8, 4) is 0 Å². The van der Waals surface area contributed by atoms with Gasteiger partial charge in [-0.25, -0.2) is 32.6 Å². The van der Waals surface area contributed by atoms with E-state index in [1.807, 2.05) is 6.92 Å². The predicted molar refractivity (Wildman–Crippen MR) is 94.7 cm³/mol. The standard InChI is InChI=1S/C15H17N7O4S/c1-2-11-17-13-10(4-3-5-22(13)20-11)21-27(25,26)8-6-9-12(16-7-8)18-15(24)19-14(9)23/h6-7,10,21H,2-5H2,1H3,(H2,16,18,19,23,24). The number of aryl methyl sites for hydroxylation is 2. The summed E-state index contributed by atoms with van der Waals surface area (Å²) in [6.45, 7) is 2.63. The van der Waals surface area contributed by atoms with Gasteiger partial charge in [-0.2, -0.15) is 5.10 Å². The van der Waals surface area contributed by atoms with Crippen LogP contribution in [0.4, 0.5) is 0 Å². The molecule has 0 aliphatic carbocycles. The average molecular weight is 391 g/mol. The Kier molecular flexibility index (Phi) is 4.15. The highest BCUT2D eigenvalue weighted by Crippen LogP contribution is 2.25. The molecule has 0 amide bonds. The summed E-state index contributed by atoms with van der Waals surface area (Å²) in [5, 5.41) is 4.35. The van der Waals surface area contributed by atoms with E-state index in [0.717, 1.165) is 12.6 Å². The molecular formula is C15H17N7O4S. The molecule has 0 saturated heterocycles. The van der Waals surface area contributed by atoms with Gasteiger partial charge in [0.25, 0.3) is 5.56 Å². The Morgan fingerprint density at radius 1 is 1.33 bits per heavy atom. The summed E-state index contributed by atoms with van der Waals surface area (Å²) in [5.74, 6) is 1.25. The van der Waals surface area contributed by atoms with E-state index in [0.29, 0.717) is 31.0 Å². The number of sulfonamides is 1. The summed E-state index contributed by atoms with van der Waals surface area (Å²) >= 11 is 0. The second-order valence-corrected chi connectivity index (χ2v) is 7.97. The van der Waals surface area contributed by atoms with Gasteiger partial charge >= 0.3 is 5.69 Å². The first-order valence-electron chi connectivity index (χ1n) is 8.45. The van der Waals surface area contributed by atoms with Crippen molar-refractivity contribution in [2.24, 2.45) is 0 Å². The summed E-state index contributed by atoms with van der Waals surface area (Å²) in [7, 11) is -3.96. The molecule has 0 spiro atoms.